The molecule has 0 bridgehead atoms. The summed E-state index contributed by atoms with van der Waals surface area (Å²) in [5.41, 5.74) is -0.248. The van der Waals surface area contributed by atoms with E-state index in [9.17, 15) is 0 Å². The number of halogens is 1. The molecule has 1 saturated heterocycles. The highest BCUT2D eigenvalue weighted by Gasteiger charge is 2.32. The van der Waals surface area contributed by atoms with Gasteiger partial charge in [0.05, 0.1) is 11.8 Å². The van der Waals surface area contributed by atoms with Gasteiger partial charge in [0.25, 0.3) is 0 Å². The first-order valence-electron chi connectivity index (χ1n) is 8.99. The molecule has 0 saturated carbocycles. The highest BCUT2D eigenvalue weighted by Crippen LogP contribution is 2.24. The normalized spacial score (nSPS) is 17.5. The number of nitrogens with one attached hydrogen (secondary N) is 2. The number of ether oxygens (including phenoxy) is 2. The minimum absolute atomic E-state index is 0. The van der Waals surface area contributed by atoms with E-state index in [4.69, 9.17) is 13.9 Å². The third-order valence-electron chi connectivity index (χ3n) is 4.42. The van der Waals surface area contributed by atoms with E-state index in [0.29, 0.717) is 19.0 Å². The standard InChI is InChI=1S/C18H32N4O3.HI/c1-6-19-16(22-13-18(23-5)7-9-24-10-8-18)21-12-15-20-11-14(25-15)17(2,3)4;/h11H,6-10,12-13H2,1-5H3,(H2,19,21,22);1H. The van der Waals surface area contributed by atoms with Crippen LogP contribution < -0.4 is 10.6 Å². The SMILES string of the molecule is CCNC(=NCc1ncc(C(C)(C)C)o1)NCC1(OC)CCOCC1.I. The molecule has 7 nitrogen and oxygen atoms in total. The Balaban J connectivity index is 0.00000338. The Labute approximate surface area is 173 Å². The highest BCUT2D eigenvalue weighted by atomic mass is 127. The Morgan fingerprint density at radius 3 is 2.54 bits per heavy atom. The molecule has 0 atom stereocenters. The second-order valence-corrected chi connectivity index (χ2v) is 7.42. The van der Waals surface area contributed by atoms with Crippen molar-refractivity contribution < 1.29 is 13.9 Å². The number of hydrogen-bond donors (Lipinski definition) is 2. The van der Waals surface area contributed by atoms with E-state index in [1.54, 1.807) is 13.3 Å². The third-order valence-corrected chi connectivity index (χ3v) is 4.42. The zero-order valence-electron chi connectivity index (χ0n) is 16.6. The summed E-state index contributed by atoms with van der Waals surface area (Å²) in [5.74, 6) is 2.23. The van der Waals surface area contributed by atoms with Gasteiger partial charge in [-0.05, 0) is 6.92 Å². The van der Waals surface area contributed by atoms with Gasteiger partial charge in [0, 0.05) is 51.7 Å². The van der Waals surface area contributed by atoms with Gasteiger partial charge in [-0.2, -0.15) is 0 Å². The van der Waals surface area contributed by atoms with Crippen molar-refractivity contribution >= 4 is 29.9 Å². The first-order valence-corrected chi connectivity index (χ1v) is 8.99. The molecule has 0 spiro atoms. The maximum absolute atomic E-state index is 5.80. The molecular formula is C18H33IN4O3. The van der Waals surface area contributed by atoms with Gasteiger partial charge in [0.15, 0.2) is 5.96 Å². The molecule has 1 aromatic heterocycles. The van der Waals surface area contributed by atoms with Crippen LogP contribution in [0.3, 0.4) is 0 Å². The summed E-state index contributed by atoms with van der Waals surface area (Å²) in [6.07, 6.45) is 3.54. The van der Waals surface area contributed by atoms with E-state index in [2.05, 4.69) is 41.4 Å². The Morgan fingerprint density at radius 1 is 1.31 bits per heavy atom. The molecule has 0 unspecified atom stereocenters. The fourth-order valence-corrected chi connectivity index (χ4v) is 2.66. The highest BCUT2D eigenvalue weighted by molar-refractivity contribution is 14.0. The number of hydrogen-bond acceptors (Lipinski definition) is 5. The molecule has 2 rings (SSSR count). The molecule has 0 aliphatic carbocycles. The van der Waals surface area contributed by atoms with Crippen LogP contribution in [0.1, 0.15) is 52.2 Å². The number of guanidine groups is 1. The van der Waals surface area contributed by atoms with Crippen LogP contribution in [0.4, 0.5) is 0 Å². The summed E-state index contributed by atoms with van der Waals surface area (Å²) >= 11 is 0. The van der Waals surface area contributed by atoms with E-state index in [-0.39, 0.29) is 35.0 Å². The minimum Gasteiger partial charge on any atom is -0.443 e. The van der Waals surface area contributed by atoms with Crippen LogP contribution in [-0.4, -0.2) is 50.0 Å². The van der Waals surface area contributed by atoms with Crippen LogP contribution in [-0.2, 0) is 21.4 Å². The van der Waals surface area contributed by atoms with E-state index < -0.39 is 0 Å². The zero-order chi connectivity index (χ0) is 18.3. The molecule has 2 heterocycles. The van der Waals surface area contributed by atoms with Crippen molar-refractivity contribution in [1.29, 1.82) is 0 Å². The van der Waals surface area contributed by atoms with Gasteiger partial charge in [-0.3, -0.25) is 0 Å². The predicted octanol–water partition coefficient (Wildman–Crippen LogP) is 2.84. The molecule has 1 aromatic rings. The minimum atomic E-state index is -0.198. The zero-order valence-corrected chi connectivity index (χ0v) is 18.9. The van der Waals surface area contributed by atoms with Gasteiger partial charge in [-0.15, -0.1) is 24.0 Å². The number of rotatable bonds is 6. The lowest BCUT2D eigenvalue weighted by Crippen LogP contribution is -2.50. The fourth-order valence-electron chi connectivity index (χ4n) is 2.66. The van der Waals surface area contributed by atoms with Crippen LogP contribution in [0.5, 0.6) is 0 Å². The van der Waals surface area contributed by atoms with Gasteiger partial charge in [-0.1, -0.05) is 20.8 Å². The van der Waals surface area contributed by atoms with E-state index in [1.807, 2.05) is 6.92 Å². The fraction of sp³-hybridized carbons (Fsp3) is 0.778. The third kappa shape index (κ3) is 6.70. The first kappa shape index (κ1) is 23.2. The second-order valence-electron chi connectivity index (χ2n) is 7.42. The number of aliphatic imine (C=N–C) groups is 1. The van der Waals surface area contributed by atoms with Gasteiger partial charge < -0.3 is 24.5 Å². The summed E-state index contributed by atoms with van der Waals surface area (Å²) in [6.45, 7) is 11.7. The molecular weight excluding hydrogens is 447 g/mol. The lowest BCUT2D eigenvalue weighted by molar-refractivity contribution is -0.0855. The van der Waals surface area contributed by atoms with Crippen molar-refractivity contribution in [2.75, 3.05) is 33.4 Å². The Kier molecular flexibility index (Phi) is 9.32. The smallest absolute Gasteiger partial charge is 0.216 e. The Hall–Kier alpha value is -0.870. The molecule has 150 valence electrons. The van der Waals surface area contributed by atoms with Crippen molar-refractivity contribution in [3.05, 3.63) is 17.8 Å². The van der Waals surface area contributed by atoms with Crippen LogP contribution in [0.2, 0.25) is 0 Å². The Morgan fingerprint density at radius 2 is 2.00 bits per heavy atom. The van der Waals surface area contributed by atoms with Crippen molar-refractivity contribution in [3.63, 3.8) is 0 Å². The van der Waals surface area contributed by atoms with Crippen molar-refractivity contribution in [2.45, 2.75) is 58.1 Å². The average Bonchev–Trinajstić information content (AvgIpc) is 3.07. The quantitative estimate of drug-likeness (QED) is 0.371. The number of methoxy groups -OCH3 is 1. The summed E-state index contributed by atoms with van der Waals surface area (Å²) < 4.78 is 17.0. The molecule has 26 heavy (non-hydrogen) atoms. The average molecular weight is 480 g/mol. The van der Waals surface area contributed by atoms with Crippen LogP contribution >= 0.6 is 24.0 Å². The van der Waals surface area contributed by atoms with Gasteiger partial charge in [0.1, 0.15) is 12.3 Å². The maximum atomic E-state index is 5.80. The van der Waals surface area contributed by atoms with Crippen LogP contribution in [0, 0.1) is 0 Å². The number of oxazole rings is 1. The van der Waals surface area contributed by atoms with Gasteiger partial charge in [-0.25, -0.2) is 9.98 Å². The summed E-state index contributed by atoms with van der Waals surface area (Å²) in [6, 6.07) is 0. The van der Waals surface area contributed by atoms with Crippen LogP contribution in [0.15, 0.2) is 15.6 Å². The van der Waals surface area contributed by atoms with E-state index in [0.717, 1.165) is 44.3 Å². The molecule has 0 amide bonds. The summed E-state index contributed by atoms with van der Waals surface area (Å²) in [4.78, 5) is 8.90. The first-order chi connectivity index (χ1) is 11.9. The van der Waals surface area contributed by atoms with Crippen molar-refractivity contribution in [1.82, 2.24) is 15.6 Å². The molecule has 1 fully saturated rings. The summed E-state index contributed by atoms with van der Waals surface area (Å²) in [7, 11) is 1.76. The second kappa shape index (κ2) is 10.5. The molecule has 8 heteroatoms. The largest absolute Gasteiger partial charge is 0.443 e. The predicted molar refractivity (Wildman–Crippen MR) is 113 cm³/mol. The molecule has 1 aliphatic heterocycles. The Bertz CT molecular complexity index is 563. The monoisotopic (exact) mass is 480 g/mol. The maximum Gasteiger partial charge on any atom is 0.216 e. The van der Waals surface area contributed by atoms with Crippen molar-refractivity contribution in [2.24, 2.45) is 4.99 Å². The lowest BCUT2D eigenvalue weighted by atomic mass is 9.94. The molecule has 1 aliphatic rings. The molecule has 0 aromatic carbocycles. The molecule has 0 radical (unpaired) electrons. The van der Waals surface area contributed by atoms with E-state index >= 15 is 0 Å². The molecule has 2 N–H and O–H groups in total. The lowest BCUT2D eigenvalue weighted by Gasteiger charge is -2.36. The number of aromatic nitrogens is 1. The van der Waals surface area contributed by atoms with Gasteiger partial charge >= 0.3 is 0 Å². The van der Waals surface area contributed by atoms with Gasteiger partial charge in [0.2, 0.25) is 5.89 Å². The van der Waals surface area contributed by atoms with Crippen LogP contribution in [0.25, 0.3) is 0 Å². The van der Waals surface area contributed by atoms with E-state index in [1.165, 1.54) is 0 Å². The summed E-state index contributed by atoms with van der Waals surface area (Å²) in [5, 5.41) is 6.63. The van der Waals surface area contributed by atoms with Crippen molar-refractivity contribution in [3.8, 4) is 0 Å². The topological polar surface area (TPSA) is 80.9 Å². The number of nitrogens with zero attached hydrogens (tertiary/aromatic N) is 2.